The first kappa shape index (κ1) is 20.6. The molecule has 0 atom stereocenters. The molecule has 6 heteroatoms. The number of ether oxygens (including phenoxy) is 1. The summed E-state index contributed by atoms with van der Waals surface area (Å²) in [7, 11) is 1.66. The van der Waals surface area contributed by atoms with Gasteiger partial charge in [-0.1, -0.05) is 30.3 Å². The van der Waals surface area contributed by atoms with E-state index in [4.69, 9.17) is 20.4 Å². The highest BCUT2D eigenvalue weighted by Crippen LogP contribution is 2.29. The molecule has 0 fully saturated rings. The zero-order chi connectivity index (χ0) is 21.5. The van der Waals surface area contributed by atoms with Gasteiger partial charge in [-0.05, 0) is 61.0 Å². The van der Waals surface area contributed by atoms with Crippen molar-refractivity contribution in [3.63, 3.8) is 0 Å². The molecule has 31 heavy (non-hydrogen) atoms. The van der Waals surface area contributed by atoms with Gasteiger partial charge in [0.1, 0.15) is 17.4 Å². The Bertz CT molecular complexity index is 1130. The fraction of sp³-hybridized carbons (Fsp3) is 0.200. The smallest absolute Gasteiger partial charge is 0.136 e. The Balaban J connectivity index is 1.67. The Morgan fingerprint density at radius 2 is 1.71 bits per heavy atom. The number of hydrogen-bond acceptors (Lipinski definition) is 6. The molecular formula is C25H27N5O. The molecule has 2 aromatic carbocycles. The van der Waals surface area contributed by atoms with Gasteiger partial charge < -0.3 is 21.1 Å². The first-order valence-corrected chi connectivity index (χ1v) is 10.4. The topological polar surface area (TPSA) is 85.1 Å². The van der Waals surface area contributed by atoms with Crippen LogP contribution in [0.15, 0.2) is 72.8 Å². The van der Waals surface area contributed by atoms with Gasteiger partial charge in [0, 0.05) is 24.0 Å². The van der Waals surface area contributed by atoms with E-state index in [1.807, 2.05) is 54.6 Å². The molecule has 4 aromatic rings. The number of fused-ring (bicyclic) bond motifs is 1. The molecule has 0 aliphatic heterocycles. The highest BCUT2D eigenvalue weighted by atomic mass is 16.5. The summed E-state index contributed by atoms with van der Waals surface area (Å²) in [5.74, 6) is 2.46. The number of methoxy groups -OCH3 is 1. The fourth-order valence-corrected chi connectivity index (χ4v) is 3.37. The minimum absolute atomic E-state index is 0.634. The molecule has 0 bridgehead atoms. The predicted octanol–water partition coefficient (Wildman–Crippen LogP) is 4.68. The van der Waals surface area contributed by atoms with Gasteiger partial charge in [-0.25, -0.2) is 9.97 Å². The number of hydrogen-bond donors (Lipinski definition) is 3. The van der Waals surface area contributed by atoms with E-state index in [1.54, 1.807) is 7.11 Å². The summed E-state index contributed by atoms with van der Waals surface area (Å²) < 4.78 is 5.28. The molecule has 0 radical (unpaired) electrons. The lowest BCUT2D eigenvalue weighted by Crippen LogP contribution is -2.10. The zero-order valence-electron chi connectivity index (χ0n) is 17.6. The maximum absolute atomic E-state index is 5.66. The molecule has 0 unspecified atom stereocenters. The fourth-order valence-electron chi connectivity index (χ4n) is 3.37. The average molecular weight is 414 g/mol. The Kier molecular flexibility index (Phi) is 6.59. The van der Waals surface area contributed by atoms with Gasteiger partial charge in [-0.3, -0.25) is 0 Å². The van der Waals surface area contributed by atoms with Crippen molar-refractivity contribution in [3.05, 3.63) is 78.4 Å². The third kappa shape index (κ3) is 5.10. The van der Waals surface area contributed by atoms with Gasteiger partial charge in [-0.2, -0.15) is 0 Å². The molecule has 4 N–H and O–H groups in total. The van der Waals surface area contributed by atoms with Crippen LogP contribution in [-0.4, -0.2) is 30.2 Å². The molecule has 2 aromatic heterocycles. The monoisotopic (exact) mass is 413 g/mol. The normalized spacial score (nSPS) is 10.8. The van der Waals surface area contributed by atoms with Crippen molar-refractivity contribution in [3.8, 4) is 17.0 Å². The van der Waals surface area contributed by atoms with Gasteiger partial charge in [-0.15, -0.1) is 0 Å². The Labute approximate surface area is 182 Å². The SMILES string of the molecule is COc1ccc(-c2cc3nc(NCc4ccccc4)ccc3c(NCCCN)n2)cc1. The summed E-state index contributed by atoms with van der Waals surface area (Å²) in [6.07, 6.45) is 0.875. The van der Waals surface area contributed by atoms with Gasteiger partial charge in [0.2, 0.25) is 0 Å². The second kappa shape index (κ2) is 9.91. The van der Waals surface area contributed by atoms with Crippen molar-refractivity contribution < 1.29 is 4.74 Å². The number of rotatable bonds is 9. The minimum atomic E-state index is 0.634. The predicted molar refractivity (Wildman–Crippen MR) is 127 cm³/mol. The molecule has 158 valence electrons. The third-order valence-electron chi connectivity index (χ3n) is 5.06. The van der Waals surface area contributed by atoms with E-state index in [1.165, 1.54) is 5.56 Å². The average Bonchev–Trinajstić information content (AvgIpc) is 2.83. The molecule has 0 saturated carbocycles. The molecular weight excluding hydrogens is 386 g/mol. The summed E-state index contributed by atoms with van der Waals surface area (Å²) in [6, 6.07) is 24.3. The summed E-state index contributed by atoms with van der Waals surface area (Å²) in [5.41, 5.74) is 9.62. The molecule has 0 spiro atoms. The van der Waals surface area contributed by atoms with E-state index in [9.17, 15) is 0 Å². The minimum Gasteiger partial charge on any atom is -0.497 e. The molecule has 0 aliphatic carbocycles. The van der Waals surface area contributed by atoms with Crippen LogP contribution in [0.1, 0.15) is 12.0 Å². The number of nitrogens with two attached hydrogens (primary N) is 1. The molecule has 0 saturated heterocycles. The molecule has 6 nitrogen and oxygen atoms in total. The van der Waals surface area contributed by atoms with E-state index in [0.29, 0.717) is 6.54 Å². The van der Waals surface area contributed by atoms with Gasteiger partial charge in [0.25, 0.3) is 0 Å². The number of anilines is 2. The summed E-state index contributed by atoms with van der Waals surface area (Å²) in [6.45, 7) is 2.12. The van der Waals surface area contributed by atoms with Crippen LogP contribution in [0.5, 0.6) is 5.75 Å². The van der Waals surface area contributed by atoms with Crippen molar-refractivity contribution in [1.29, 1.82) is 0 Å². The van der Waals surface area contributed by atoms with Crippen molar-refractivity contribution in [1.82, 2.24) is 9.97 Å². The van der Waals surface area contributed by atoms with E-state index in [2.05, 4.69) is 28.8 Å². The molecule has 0 aliphatic rings. The Hall–Kier alpha value is -3.64. The van der Waals surface area contributed by atoms with E-state index >= 15 is 0 Å². The summed E-state index contributed by atoms with van der Waals surface area (Å²) >= 11 is 0. The Morgan fingerprint density at radius 3 is 2.45 bits per heavy atom. The maximum atomic E-state index is 5.66. The maximum Gasteiger partial charge on any atom is 0.136 e. The second-order valence-corrected chi connectivity index (χ2v) is 7.26. The van der Waals surface area contributed by atoms with E-state index in [0.717, 1.165) is 59.1 Å². The van der Waals surface area contributed by atoms with Crippen LogP contribution in [0.3, 0.4) is 0 Å². The van der Waals surface area contributed by atoms with Crippen LogP contribution in [-0.2, 0) is 6.54 Å². The molecule has 0 amide bonds. The lowest BCUT2D eigenvalue weighted by Gasteiger charge is -2.13. The van der Waals surface area contributed by atoms with Crippen LogP contribution in [0.25, 0.3) is 22.2 Å². The van der Waals surface area contributed by atoms with Crippen LogP contribution >= 0.6 is 0 Å². The van der Waals surface area contributed by atoms with Crippen molar-refractivity contribution >= 4 is 22.5 Å². The lowest BCUT2D eigenvalue weighted by atomic mass is 10.1. The number of pyridine rings is 2. The van der Waals surface area contributed by atoms with Gasteiger partial charge in [0.15, 0.2) is 0 Å². The second-order valence-electron chi connectivity index (χ2n) is 7.26. The highest BCUT2D eigenvalue weighted by molar-refractivity contribution is 5.93. The van der Waals surface area contributed by atoms with Crippen molar-refractivity contribution in [2.24, 2.45) is 5.73 Å². The zero-order valence-corrected chi connectivity index (χ0v) is 17.6. The summed E-state index contributed by atoms with van der Waals surface area (Å²) in [5, 5.41) is 7.82. The standard InChI is InChI=1S/C25H27N5O/c1-31-20-10-8-19(9-11-20)22-16-23-21(25(30-22)27-15-5-14-26)12-13-24(29-23)28-17-18-6-3-2-4-7-18/h2-4,6-13,16H,5,14-15,17,26H2,1H3,(H,27,30)(H,28,29). The third-order valence-corrected chi connectivity index (χ3v) is 5.06. The van der Waals surface area contributed by atoms with E-state index in [-0.39, 0.29) is 0 Å². The first-order chi connectivity index (χ1) is 15.3. The van der Waals surface area contributed by atoms with E-state index < -0.39 is 0 Å². The van der Waals surface area contributed by atoms with Crippen LogP contribution in [0, 0.1) is 0 Å². The number of nitrogens with one attached hydrogen (secondary N) is 2. The largest absolute Gasteiger partial charge is 0.497 e. The Morgan fingerprint density at radius 1 is 0.903 bits per heavy atom. The van der Waals surface area contributed by atoms with Gasteiger partial charge in [0.05, 0.1) is 18.3 Å². The first-order valence-electron chi connectivity index (χ1n) is 10.4. The van der Waals surface area contributed by atoms with Crippen molar-refractivity contribution in [2.75, 3.05) is 30.8 Å². The van der Waals surface area contributed by atoms with Crippen molar-refractivity contribution in [2.45, 2.75) is 13.0 Å². The number of aromatic nitrogens is 2. The summed E-state index contributed by atoms with van der Waals surface area (Å²) in [4.78, 5) is 9.73. The molecule has 4 rings (SSSR count). The molecule has 2 heterocycles. The van der Waals surface area contributed by atoms with Gasteiger partial charge >= 0.3 is 0 Å². The van der Waals surface area contributed by atoms with Crippen LogP contribution in [0.4, 0.5) is 11.6 Å². The van der Waals surface area contributed by atoms with Crippen LogP contribution < -0.4 is 21.1 Å². The lowest BCUT2D eigenvalue weighted by molar-refractivity contribution is 0.415. The number of benzene rings is 2. The highest BCUT2D eigenvalue weighted by Gasteiger charge is 2.10. The quantitative estimate of drug-likeness (QED) is 0.346. The van der Waals surface area contributed by atoms with Crippen LogP contribution in [0.2, 0.25) is 0 Å². The number of nitrogens with zero attached hydrogens (tertiary/aromatic N) is 2.